The molecule has 0 amide bonds. The number of nitrogens with one attached hydrogen (secondary N) is 1. The third-order valence-corrected chi connectivity index (χ3v) is 3.60. The van der Waals surface area contributed by atoms with E-state index in [-0.39, 0.29) is 0 Å². The topological polar surface area (TPSA) is 37.8 Å². The van der Waals surface area contributed by atoms with Gasteiger partial charge in [-0.2, -0.15) is 0 Å². The molecule has 0 unspecified atom stereocenters. The normalized spacial score (nSPS) is 10.3. The summed E-state index contributed by atoms with van der Waals surface area (Å²) in [6, 6.07) is 14.3. The van der Waals surface area contributed by atoms with Crippen molar-refractivity contribution in [3.05, 3.63) is 71.5 Å². The summed E-state index contributed by atoms with van der Waals surface area (Å²) in [5, 5.41) is 4.16. The minimum Gasteiger partial charge on any atom is -0.330 e. The molecule has 0 bridgehead atoms. The van der Waals surface area contributed by atoms with Crippen LogP contribution in [0.4, 0.5) is 10.8 Å². The highest BCUT2D eigenvalue weighted by Gasteiger charge is 2.03. The van der Waals surface area contributed by atoms with E-state index >= 15 is 0 Å². The fourth-order valence-electron chi connectivity index (χ4n) is 1.80. The van der Waals surface area contributed by atoms with Gasteiger partial charge >= 0.3 is 0 Å². The lowest BCUT2D eigenvalue weighted by Crippen LogP contribution is -1.88. The standard InChI is InChI=1S/C15H13N3S/c1-2-5-12(6-3-1)9-14-11-17-15(19-14)18-13-7-4-8-16-10-13/h1-8,10-11H,9H2,(H,17,18). The number of rotatable bonds is 4. The summed E-state index contributed by atoms with van der Waals surface area (Å²) >= 11 is 1.67. The van der Waals surface area contributed by atoms with Crippen molar-refractivity contribution in [3.63, 3.8) is 0 Å². The molecule has 19 heavy (non-hydrogen) atoms. The van der Waals surface area contributed by atoms with Crippen molar-refractivity contribution in [1.82, 2.24) is 9.97 Å². The van der Waals surface area contributed by atoms with Gasteiger partial charge in [0.05, 0.1) is 11.9 Å². The Morgan fingerprint density at radius 3 is 2.68 bits per heavy atom. The Labute approximate surface area is 116 Å². The van der Waals surface area contributed by atoms with Gasteiger partial charge in [0.1, 0.15) is 0 Å². The number of nitrogens with zero attached hydrogens (tertiary/aromatic N) is 2. The molecule has 94 valence electrons. The molecule has 4 heteroatoms. The fourth-order valence-corrected chi connectivity index (χ4v) is 2.67. The maximum absolute atomic E-state index is 4.39. The maximum Gasteiger partial charge on any atom is 0.187 e. The highest BCUT2D eigenvalue weighted by atomic mass is 32.1. The second-order valence-corrected chi connectivity index (χ2v) is 5.28. The van der Waals surface area contributed by atoms with Crippen LogP contribution in [0, 0.1) is 0 Å². The quantitative estimate of drug-likeness (QED) is 0.779. The molecule has 0 fully saturated rings. The highest BCUT2D eigenvalue weighted by molar-refractivity contribution is 7.15. The molecular formula is C15H13N3S. The Bertz CT molecular complexity index is 579. The summed E-state index contributed by atoms with van der Waals surface area (Å²) in [6.45, 7) is 0. The zero-order valence-corrected chi connectivity index (χ0v) is 11.1. The van der Waals surface area contributed by atoms with E-state index in [9.17, 15) is 0 Å². The van der Waals surface area contributed by atoms with Gasteiger partial charge in [-0.25, -0.2) is 4.98 Å². The van der Waals surface area contributed by atoms with Gasteiger partial charge in [0, 0.05) is 23.7 Å². The molecule has 0 aliphatic rings. The lowest BCUT2D eigenvalue weighted by Gasteiger charge is -2.00. The maximum atomic E-state index is 4.39. The summed E-state index contributed by atoms with van der Waals surface area (Å²) in [7, 11) is 0. The van der Waals surface area contributed by atoms with Crippen LogP contribution in [0.5, 0.6) is 0 Å². The molecule has 0 saturated heterocycles. The zero-order valence-electron chi connectivity index (χ0n) is 10.3. The summed E-state index contributed by atoms with van der Waals surface area (Å²) < 4.78 is 0. The fraction of sp³-hybridized carbons (Fsp3) is 0.0667. The van der Waals surface area contributed by atoms with E-state index in [4.69, 9.17) is 0 Å². The van der Waals surface area contributed by atoms with E-state index in [1.165, 1.54) is 10.4 Å². The number of hydrogen-bond acceptors (Lipinski definition) is 4. The van der Waals surface area contributed by atoms with Gasteiger partial charge in [-0.15, -0.1) is 11.3 Å². The van der Waals surface area contributed by atoms with E-state index in [0.29, 0.717) is 0 Å². The third-order valence-electron chi connectivity index (χ3n) is 2.69. The van der Waals surface area contributed by atoms with Crippen LogP contribution in [-0.4, -0.2) is 9.97 Å². The van der Waals surface area contributed by atoms with Gasteiger partial charge in [-0.3, -0.25) is 4.98 Å². The van der Waals surface area contributed by atoms with Crippen LogP contribution in [0.3, 0.4) is 0 Å². The molecule has 0 spiro atoms. The number of benzene rings is 1. The van der Waals surface area contributed by atoms with Crippen molar-refractivity contribution in [1.29, 1.82) is 0 Å². The van der Waals surface area contributed by atoms with Gasteiger partial charge in [0.2, 0.25) is 0 Å². The van der Waals surface area contributed by atoms with E-state index in [2.05, 4.69) is 39.6 Å². The van der Waals surface area contributed by atoms with Crippen LogP contribution in [0.1, 0.15) is 10.4 Å². The molecule has 0 saturated carbocycles. The van der Waals surface area contributed by atoms with Crippen LogP contribution in [0.25, 0.3) is 0 Å². The Morgan fingerprint density at radius 1 is 1.00 bits per heavy atom. The molecule has 0 aliphatic heterocycles. The minimum atomic E-state index is 0.902. The SMILES string of the molecule is c1ccc(Cc2cnc(Nc3cccnc3)s2)cc1. The number of hydrogen-bond donors (Lipinski definition) is 1. The van der Waals surface area contributed by atoms with Crippen LogP contribution < -0.4 is 5.32 Å². The monoisotopic (exact) mass is 267 g/mol. The number of aromatic nitrogens is 2. The third kappa shape index (κ3) is 3.17. The summed E-state index contributed by atoms with van der Waals surface area (Å²) in [5.41, 5.74) is 2.27. The zero-order chi connectivity index (χ0) is 12.9. The van der Waals surface area contributed by atoms with Crippen LogP contribution in [0.15, 0.2) is 61.1 Å². The second kappa shape index (κ2) is 5.63. The molecule has 1 aromatic carbocycles. The lowest BCUT2D eigenvalue weighted by molar-refractivity contribution is 1.22. The highest BCUT2D eigenvalue weighted by Crippen LogP contribution is 2.23. The largest absolute Gasteiger partial charge is 0.330 e. The second-order valence-electron chi connectivity index (χ2n) is 4.16. The van der Waals surface area contributed by atoms with Crippen molar-refractivity contribution in [3.8, 4) is 0 Å². The number of thiazole rings is 1. The first-order valence-electron chi connectivity index (χ1n) is 6.06. The predicted octanol–water partition coefficient (Wildman–Crippen LogP) is 3.87. The van der Waals surface area contributed by atoms with Crippen LogP contribution >= 0.6 is 11.3 Å². The van der Waals surface area contributed by atoms with E-state index in [1.807, 2.05) is 24.4 Å². The van der Waals surface area contributed by atoms with Crippen molar-refractivity contribution >= 4 is 22.2 Å². The predicted molar refractivity (Wildman–Crippen MR) is 78.9 cm³/mol. The smallest absolute Gasteiger partial charge is 0.187 e. The van der Waals surface area contributed by atoms with Crippen molar-refractivity contribution in [2.45, 2.75) is 6.42 Å². The molecule has 3 rings (SSSR count). The van der Waals surface area contributed by atoms with Crippen molar-refractivity contribution in [2.24, 2.45) is 0 Å². The molecule has 3 nitrogen and oxygen atoms in total. The van der Waals surface area contributed by atoms with Gasteiger partial charge < -0.3 is 5.32 Å². The summed E-state index contributed by atoms with van der Waals surface area (Å²) in [5.74, 6) is 0. The summed E-state index contributed by atoms with van der Waals surface area (Å²) in [4.78, 5) is 9.70. The van der Waals surface area contributed by atoms with Gasteiger partial charge in [0.25, 0.3) is 0 Å². The first kappa shape index (κ1) is 11.9. The average Bonchev–Trinajstić information content (AvgIpc) is 2.88. The Morgan fingerprint density at radius 2 is 1.89 bits per heavy atom. The molecule has 0 atom stereocenters. The van der Waals surface area contributed by atoms with E-state index < -0.39 is 0 Å². The first-order valence-corrected chi connectivity index (χ1v) is 6.87. The molecular weight excluding hydrogens is 254 g/mol. The molecule has 3 aromatic rings. The van der Waals surface area contributed by atoms with E-state index in [0.717, 1.165) is 17.2 Å². The molecule has 0 aliphatic carbocycles. The van der Waals surface area contributed by atoms with Gasteiger partial charge in [-0.1, -0.05) is 30.3 Å². The Hall–Kier alpha value is -2.20. The van der Waals surface area contributed by atoms with Gasteiger partial charge in [-0.05, 0) is 17.7 Å². The van der Waals surface area contributed by atoms with Crippen LogP contribution in [-0.2, 0) is 6.42 Å². The molecule has 2 heterocycles. The molecule has 2 aromatic heterocycles. The molecule has 1 N–H and O–H groups in total. The van der Waals surface area contributed by atoms with Gasteiger partial charge in [0.15, 0.2) is 5.13 Å². The van der Waals surface area contributed by atoms with Crippen LogP contribution in [0.2, 0.25) is 0 Å². The number of pyridine rings is 1. The minimum absolute atomic E-state index is 0.902. The Balaban J connectivity index is 1.70. The van der Waals surface area contributed by atoms with Crippen molar-refractivity contribution in [2.75, 3.05) is 5.32 Å². The van der Waals surface area contributed by atoms with Crippen molar-refractivity contribution < 1.29 is 0 Å². The average molecular weight is 267 g/mol. The number of anilines is 2. The first-order chi connectivity index (χ1) is 9.40. The summed E-state index contributed by atoms with van der Waals surface area (Å²) in [6.07, 6.45) is 6.40. The van der Waals surface area contributed by atoms with E-state index in [1.54, 1.807) is 23.7 Å². The lowest BCUT2D eigenvalue weighted by atomic mass is 10.1. The Kier molecular flexibility index (Phi) is 3.51. The molecule has 0 radical (unpaired) electrons.